The van der Waals surface area contributed by atoms with Crippen molar-refractivity contribution in [1.82, 2.24) is 4.90 Å². The van der Waals surface area contributed by atoms with Gasteiger partial charge < -0.3 is 9.47 Å². The van der Waals surface area contributed by atoms with E-state index in [1.165, 1.54) is 0 Å². The Morgan fingerprint density at radius 3 is 2.44 bits per heavy atom. The van der Waals surface area contributed by atoms with Crippen LogP contribution in [0.1, 0.15) is 23.6 Å². The third-order valence-corrected chi connectivity index (χ3v) is 4.40. The van der Waals surface area contributed by atoms with Crippen molar-refractivity contribution >= 4 is 18.0 Å². The Bertz CT molecular complexity index is 864. The van der Waals surface area contributed by atoms with Gasteiger partial charge in [-0.05, 0) is 25.0 Å². The molecule has 0 aliphatic carbocycles. The van der Waals surface area contributed by atoms with Crippen molar-refractivity contribution in [3.8, 4) is 0 Å². The van der Waals surface area contributed by atoms with Crippen LogP contribution in [0.25, 0.3) is 0 Å². The van der Waals surface area contributed by atoms with Crippen molar-refractivity contribution in [1.29, 1.82) is 0 Å². The van der Waals surface area contributed by atoms with E-state index in [0.29, 0.717) is 5.56 Å². The number of benzene rings is 2. The highest BCUT2D eigenvalue weighted by Crippen LogP contribution is 2.31. The molecular weight excluding hydrogens is 346 g/mol. The highest BCUT2D eigenvalue weighted by molar-refractivity contribution is 6.15. The zero-order chi connectivity index (χ0) is 19.4. The zero-order valence-corrected chi connectivity index (χ0v) is 15.3. The Kier molecular flexibility index (Phi) is 5.26. The van der Waals surface area contributed by atoms with Gasteiger partial charge in [-0.15, -0.1) is 0 Å². The number of esters is 1. The first kappa shape index (κ1) is 18.6. The summed E-state index contributed by atoms with van der Waals surface area (Å²) in [7, 11) is 0. The second kappa shape index (κ2) is 7.61. The van der Waals surface area contributed by atoms with Gasteiger partial charge in [-0.1, -0.05) is 60.2 Å². The molecule has 0 radical (unpaired) electrons. The van der Waals surface area contributed by atoms with Gasteiger partial charge in [0.05, 0.1) is 13.2 Å². The molecule has 0 spiro atoms. The van der Waals surface area contributed by atoms with Crippen LogP contribution < -0.4 is 0 Å². The maximum absolute atomic E-state index is 13.1. The van der Waals surface area contributed by atoms with E-state index < -0.39 is 23.6 Å². The minimum absolute atomic E-state index is 0.0352. The second-order valence-corrected chi connectivity index (χ2v) is 6.46. The number of carbonyl (C=O) groups is 3. The van der Waals surface area contributed by atoms with E-state index in [-0.39, 0.29) is 19.6 Å². The summed E-state index contributed by atoms with van der Waals surface area (Å²) < 4.78 is 10.5. The molecule has 3 rings (SSSR count). The lowest BCUT2D eigenvalue weighted by atomic mass is 9.92. The number of aryl methyl sites for hydroxylation is 1. The lowest BCUT2D eigenvalue weighted by molar-refractivity contribution is -0.167. The molecule has 2 aromatic carbocycles. The first-order chi connectivity index (χ1) is 13.0. The van der Waals surface area contributed by atoms with Gasteiger partial charge in [-0.25, -0.2) is 14.5 Å². The minimum atomic E-state index is -1.99. The van der Waals surface area contributed by atoms with Crippen LogP contribution in [-0.2, 0) is 32.0 Å². The van der Waals surface area contributed by atoms with Crippen LogP contribution in [0.5, 0.6) is 0 Å². The van der Waals surface area contributed by atoms with E-state index in [1.54, 1.807) is 25.1 Å². The maximum atomic E-state index is 13.1. The molecule has 0 N–H and O–H groups in total. The molecule has 0 saturated carbocycles. The molecule has 140 valence electrons. The van der Waals surface area contributed by atoms with E-state index in [1.807, 2.05) is 43.3 Å². The van der Waals surface area contributed by atoms with Gasteiger partial charge in [-0.3, -0.25) is 4.79 Å². The predicted molar refractivity (Wildman–Crippen MR) is 97.7 cm³/mol. The summed E-state index contributed by atoms with van der Waals surface area (Å²) in [4.78, 5) is 39.2. The number of carbonyl (C=O) groups excluding carboxylic acids is 3. The smallest absolute Gasteiger partial charge is 0.418 e. The number of rotatable bonds is 6. The van der Waals surface area contributed by atoms with Crippen molar-refractivity contribution in [3.05, 3.63) is 71.3 Å². The summed E-state index contributed by atoms with van der Waals surface area (Å²) in [6.07, 6.45) is -0.909. The Labute approximate surface area is 157 Å². The minimum Gasteiger partial charge on any atom is -0.463 e. The molecule has 1 saturated heterocycles. The summed E-state index contributed by atoms with van der Waals surface area (Å²) in [5, 5.41) is 0. The first-order valence-corrected chi connectivity index (χ1v) is 8.78. The van der Waals surface area contributed by atoms with E-state index in [2.05, 4.69) is 0 Å². The normalized spacial score (nSPS) is 19.1. The number of ether oxygens (including phenoxy) is 2. The monoisotopic (exact) mass is 367 g/mol. The van der Waals surface area contributed by atoms with Gasteiger partial charge in [0.2, 0.25) is 0 Å². The zero-order valence-electron chi connectivity index (χ0n) is 15.3. The molecule has 27 heavy (non-hydrogen) atoms. The lowest BCUT2D eigenvalue weighted by Gasteiger charge is -2.23. The van der Waals surface area contributed by atoms with Crippen LogP contribution in [-0.4, -0.2) is 35.1 Å². The Balaban J connectivity index is 1.94. The molecule has 1 aliphatic rings. The lowest BCUT2D eigenvalue weighted by Crippen LogP contribution is -2.50. The molecule has 0 bridgehead atoms. The largest absolute Gasteiger partial charge is 0.463 e. The fraction of sp³-hybridized carbons (Fsp3) is 0.286. The predicted octanol–water partition coefficient (Wildman–Crippen LogP) is 3.02. The number of hydrogen-bond acceptors (Lipinski definition) is 5. The van der Waals surface area contributed by atoms with Crippen LogP contribution in [0.2, 0.25) is 0 Å². The van der Waals surface area contributed by atoms with Crippen LogP contribution in [0.3, 0.4) is 0 Å². The molecule has 1 atom stereocenters. The topological polar surface area (TPSA) is 72.9 Å². The van der Waals surface area contributed by atoms with Crippen LogP contribution in [0, 0.1) is 6.92 Å². The van der Waals surface area contributed by atoms with Crippen molar-refractivity contribution in [2.75, 3.05) is 6.61 Å². The van der Waals surface area contributed by atoms with Crippen molar-refractivity contribution in [3.63, 3.8) is 0 Å². The summed E-state index contributed by atoms with van der Waals surface area (Å²) in [5.74, 6) is -1.54. The van der Waals surface area contributed by atoms with E-state index in [0.717, 1.165) is 16.0 Å². The quantitative estimate of drug-likeness (QED) is 0.580. The average molecular weight is 367 g/mol. The van der Waals surface area contributed by atoms with Crippen LogP contribution >= 0.6 is 0 Å². The summed E-state index contributed by atoms with van der Waals surface area (Å²) in [6.45, 7) is 3.66. The molecule has 2 aromatic rings. The molecule has 1 aliphatic heterocycles. The van der Waals surface area contributed by atoms with Crippen LogP contribution in [0.4, 0.5) is 4.79 Å². The SMILES string of the molecule is CCOC(=O)C1(Cc2cccc(C)c2)OC(=O)N(Cc2ccccc2)C1=O. The fourth-order valence-electron chi connectivity index (χ4n) is 3.12. The Hall–Kier alpha value is -3.15. The van der Waals surface area contributed by atoms with Gasteiger partial charge in [0.1, 0.15) is 0 Å². The molecule has 1 heterocycles. The standard InChI is InChI=1S/C21H21NO5/c1-3-26-19(24)21(13-17-11-7-8-15(2)12-17)18(23)22(20(25)27-21)14-16-9-5-4-6-10-16/h4-12H,3,13-14H2,1-2H3. The molecule has 6 heteroatoms. The van der Waals surface area contributed by atoms with Gasteiger partial charge in [-0.2, -0.15) is 0 Å². The van der Waals surface area contributed by atoms with Gasteiger partial charge in [0.15, 0.2) is 0 Å². The Morgan fingerprint density at radius 1 is 1.07 bits per heavy atom. The number of imide groups is 1. The molecule has 1 unspecified atom stereocenters. The van der Waals surface area contributed by atoms with Gasteiger partial charge in [0.25, 0.3) is 11.5 Å². The van der Waals surface area contributed by atoms with Gasteiger partial charge in [0, 0.05) is 6.42 Å². The van der Waals surface area contributed by atoms with E-state index >= 15 is 0 Å². The number of cyclic esters (lactones) is 1. The van der Waals surface area contributed by atoms with E-state index in [9.17, 15) is 14.4 Å². The summed E-state index contributed by atoms with van der Waals surface area (Å²) in [5.41, 5.74) is 0.462. The maximum Gasteiger partial charge on any atom is 0.418 e. The highest BCUT2D eigenvalue weighted by atomic mass is 16.6. The molecule has 6 nitrogen and oxygen atoms in total. The first-order valence-electron chi connectivity index (χ1n) is 8.78. The molecule has 0 aromatic heterocycles. The number of amides is 2. The molecule has 2 amide bonds. The third-order valence-electron chi connectivity index (χ3n) is 4.40. The van der Waals surface area contributed by atoms with Crippen molar-refractivity contribution in [2.45, 2.75) is 32.4 Å². The second-order valence-electron chi connectivity index (χ2n) is 6.46. The number of nitrogens with zero attached hydrogens (tertiary/aromatic N) is 1. The third kappa shape index (κ3) is 3.69. The van der Waals surface area contributed by atoms with Crippen molar-refractivity contribution in [2.24, 2.45) is 0 Å². The van der Waals surface area contributed by atoms with Crippen molar-refractivity contribution < 1.29 is 23.9 Å². The molecule has 1 fully saturated rings. The van der Waals surface area contributed by atoms with Crippen LogP contribution in [0.15, 0.2) is 54.6 Å². The molecular formula is C21H21NO5. The fourth-order valence-corrected chi connectivity index (χ4v) is 3.12. The van der Waals surface area contributed by atoms with E-state index in [4.69, 9.17) is 9.47 Å². The Morgan fingerprint density at radius 2 is 1.78 bits per heavy atom. The highest BCUT2D eigenvalue weighted by Gasteiger charge is 2.60. The number of hydrogen-bond donors (Lipinski definition) is 0. The summed E-state index contributed by atoms with van der Waals surface area (Å²) >= 11 is 0. The van der Waals surface area contributed by atoms with Gasteiger partial charge >= 0.3 is 12.1 Å². The summed E-state index contributed by atoms with van der Waals surface area (Å²) in [6, 6.07) is 16.4. The average Bonchev–Trinajstić information content (AvgIpc) is 2.88.